The van der Waals surface area contributed by atoms with Crippen molar-refractivity contribution in [3.63, 3.8) is 0 Å². The predicted octanol–water partition coefficient (Wildman–Crippen LogP) is 4.53. The van der Waals surface area contributed by atoms with Crippen LogP contribution in [-0.4, -0.2) is 24.8 Å². The van der Waals surface area contributed by atoms with Crippen LogP contribution in [0, 0.1) is 0 Å². The van der Waals surface area contributed by atoms with Crippen LogP contribution in [0.25, 0.3) is 0 Å². The van der Waals surface area contributed by atoms with Crippen molar-refractivity contribution in [3.05, 3.63) is 77.1 Å². The van der Waals surface area contributed by atoms with E-state index in [-0.39, 0.29) is 6.03 Å². The largest absolute Gasteiger partial charge is 0.493 e. The lowest BCUT2D eigenvalue weighted by atomic mass is 10.2. The zero-order valence-electron chi connectivity index (χ0n) is 15.7. The highest BCUT2D eigenvalue weighted by Gasteiger charge is 2.08. The van der Waals surface area contributed by atoms with Gasteiger partial charge >= 0.3 is 6.03 Å². The molecule has 0 aliphatic carbocycles. The molecule has 2 N–H and O–H groups in total. The normalized spacial score (nSPS) is 10.4. The summed E-state index contributed by atoms with van der Waals surface area (Å²) < 4.78 is 12.5. The van der Waals surface area contributed by atoms with Crippen LogP contribution in [0.3, 0.4) is 0 Å². The first-order valence-electron chi connectivity index (χ1n) is 8.74. The van der Waals surface area contributed by atoms with Crippen LogP contribution in [0.1, 0.15) is 11.3 Å². The second-order valence-electron chi connectivity index (χ2n) is 6.13. The molecule has 2 amide bonds. The Bertz CT molecular complexity index is 938. The van der Waals surface area contributed by atoms with Crippen LogP contribution >= 0.6 is 11.6 Å². The Balaban J connectivity index is 1.58. The summed E-state index contributed by atoms with van der Waals surface area (Å²) in [5.41, 5.74) is 2.75. The van der Waals surface area contributed by atoms with E-state index in [9.17, 15) is 4.79 Å². The first-order valence-corrected chi connectivity index (χ1v) is 9.12. The maximum atomic E-state index is 12.3. The van der Waals surface area contributed by atoms with Crippen molar-refractivity contribution in [1.82, 2.24) is 9.88 Å². The van der Waals surface area contributed by atoms with E-state index in [0.29, 0.717) is 35.3 Å². The molecule has 0 radical (unpaired) electrons. The number of nitrogens with zero attached hydrogens (tertiary/aromatic N) is 1. The summed E-state index contributed by atoms with van der Waals surface area (Å²) in [6, 6.07) is 16.6. The minimum absolute atomic E-state index is 0.300. The molecule has 0 saturated carbocycles. The van der Waals surface area contributed by atoms with Crippen LogP contribution in [0.5, 0.6) is 11.5 Å². The molecule has 2 aromatic carbocycles. The molecule has 0 aliphatic heterocycles. The van der Waals surface area contributed by atoms with Crippen molar-refractivity contribution >= 4 is 23.3 Å². The van der Waals surface area contributed by atoms with Crippen LogP contribution in [0.15, 0.2) is 60.8 Å². The molecule has 1 aromatic heterocycles. The average molecular weight is 400 g/mol. The Morgan fingerprint density at radius 1 is 1.04 bits per heavy atom. The van der Waals surface area contributed by atoms with E-state index in [1.165, 1.54) is 0 Å². The lowest BCUT2D eigenvalue weighted by Gasteiger charge is -2.13. The van der Waals surface area contributed by atoms with Gasteiger partial charge in [0.1, 0.15) is 0 Å². The molecule has 3 aromatic rings. The Labute approximate surface area is 169 Å². The zero-order valence-corrected chi connectivity index (χ0v) is 16.5. The van der Waals surface area contributed by atoms with Crippen LogP contribution in [0.4, 0.5) is 10.5 Å². The third-order valence-corrected chi connectivity index (χ3v) is 4.51. The summed E-state index contributed by atoms with van der Waals surface area (Å²) in [5, 5.41) is 6.38. The highest BCUT2D eigenvalue weighted by Crippen LogP contribution is 2.29. The summed E-state index contributed by atoms with van der Waals surface area (Å²) in [7, 11) is 3.12. The molecule has 146 valence electrons. The number of aromatic nitrogens is 1. The number of carbonyl (C=O) groups is 1. The van der Waals surface area contributed by atoms with Crippen LogP contribution in [-0.2, 0) is 13.1 Å². The van der Waals surface area contributed by atoms with Crippen molar-refractivity contribution in [2.45, 2.75) is 13.1 Å². The van der Waals surface area contributed by atoms with Gasteiger partial charge < -0.3 is 24.7 Å². The van der Waals surface area contributed by atoms with Crippen molar-refractivity contribution in [2.24, 2.45) is 0 Å². The van der Waals surface area contributed by atoms with Gasteiger partial charge in [0.2, 0.25) is 0 Å². The van der Waals surface area contributed by atoms with Crippen LogP contribution < -0.4 is 20.1 Å². The topological polar surface area (TPSA) is 64.5 Å². The van der Waals surface area contributed by atoms with E-state index in [0.717, 1.165) is 11.3 Å². The summed E-state index contributed by atoms with van der Waals surface area (Å²) in [4.78, 5) is 12.3. The van der Waals surface area contributed by atoms with E-state index >= 15 is 0 Å². The molecule has 28 heavy (non-hydrogen) atoms. The van der Waals surface area contributed by atoms with E-state index in [1.54, 1.807) is 32.4 Å². The molecule has 0 unspecified atom stereocenters. The fraction of sp³-hybridized carbons (Fsp3) is 0.190. The van der Waals surface area contributed by atoms with Gasteiger partial charge in [0.25, 0.3) is 0 Å². The summed E-state index contributed by atoms with van der Waals surface area (Å²) >= 11 is 5.94. The highest BCUT2D eigenvalue weighted by atomic mass is 35.5. The van der Waals surface area contributed by atoms with Gasteiger partial charge in [0.05, 0.1) is 20.8 Å². The standard InChI is InChI=1S/C21H22ClN3O3/c1-27-19-10-9-17(12-20(19)28-2)24-21(26)23-13-18-4-3-11-25(18)14-15-5-7-16(22)8-6-15/h3-12H,13-14H2,1-2H3,(H2,23,24,26). The zero-order chi connectivity index (χ0) is 19.9. The predicted molar refractivity (Wildman–Crippen MR) is 110 cm³/mol. The minimum atomic E-state index is -0.300. The van der Waals surface area contributed by atoms with Crippen molar-refractivity contribution in [1.29, 1.82) is 0 Å². The number of nitrogens with one attached hydrogen (secondary N) is 2. The number of amides is 2. The van der Waals surface area contributed by atoms with Crippen molar-refractivity contribution in [3.8, 4) is 11.5 Å². The van der Waals surface area contributed by atoms with Crippen molar-refractivity contribution in [2.75, 3.05) is 19.5 Å². The Hall–Kier alpha value is -3.12. The van der Waals surface area contributed by atoms with E-state index in [1.807, 2.05) is 42.6 Å². The number of rotatable bonds is 7. The maximum absolute atomic E-state index is 12.3. The molecule has 3 rings (SSSR count). The molecule has 0 saturated heterocycles. The third kappa shape index (κ3) is 4.98. The number of ether oxygens (including phenoxy) is 2. The van der Waals surface area contributed by atoms with Gasteiger partial charge in [0, 0.05) is 35.2 Å². The van der Waals surface area contributed by atoms with Crippen molar-refractivity contribution < 1.29 is 14.3 Å². The third-order valence-electron chi connectivity index (χ3n) is 4.26. The average Bonchev–Trinajstić information content (AvgIpc) is 3.15. The molecule has 7 heteroatoms. The van der Waals surface area contributed by atoms with E-state index in [4.69, 9.17) is 21.1 Å². The monoisotopic (exact) mass is 399 g/mol. The number of methoxy groups -OCH3 is 2. The second kappa shape index (κ2) is 9.19. The quantitative estimate of drug-likeness (QED) is 0.613. The van der Waals surface area contributed by atoms with Gasteiger partial charge in [-0.05, 0) is 42.0 Å². The lowest BCUT2D eigenvalue weighted by Crippen LogP contribution is -2.29. The number of anilines is 1. The molecular weight excluding hydrogens is 378 g/mol. The molecular formula is C21H22ClN3O3. The number of carbonyl (C=O) groups excluding carboxylic acids is 1. The summed E-state index contributed by atoms with van der Waals surface area (Å²) in [6.45, 7) is 1.11. The van der Waals surface area contributed by atoms with Gasteiger partial charge in [-0.25, -0.2) is 4.79 Å². The summed E-state index contributed by atoms with van der Waals surface area (Å²) in [5.74, 6) is 1.16. The molecule has 0 fully saturated rings. The molecule has 6 nitrogen and oxygen atoms in total. The lowest BCUT2D eigenvalue weighted by molar-refractivity contribution is 0.251. The van der Waals surface area contributed by atoms with Gasteiger partial charge in [-0.2, -0.15) is 0 Å². The first-order chi connectivity index (χ1) is 13.6. The number of halogens is 1. The smallest absolute Gasteiger partial charge is 0.319 e. The Morgan fingerprint density at radius 3 is 2.50 bits per heavy atom. The number of benzene rings is 2. The summed E-state index contributed by atoms with van der Waals surface area (Å²) in [6.07, 6.45) is 1.98. The molecule has 1 heterocycles. The van der Waals surface area contributed by atoms with Crippen LogP contribution in [0.2, 0.25) is 5.02 Å². The molecule has 0 spiro atoms. The second-order valence-corrected chi connectivity index (χ2v) is 6.57. The Morgan fingerprint density at radius 2 is 1.79 bits per heavy atom. The number of hydrogen-bond donors (Lipinski definition) is 2. The van der Waals surface area contributed by atoms with Gasteiger partial charge in [-0.15, -0.1) is 0 Å². The minimum Gasteiger partial charge on any atom is -0.493 e. The molecule has 0 atom stereocenters. The SMILES string of the molecule is COc1ccc(NC(=O)NCc2cccn2Cc2ccc(Cl)cc2)cc1OC. The number of hydrogen-bond acceptors (Lipinski definition) is 3. The number of urea groups is 1. The molecule has 0 bridgehead atoms. The fourth-order valence-electron chi connectivity index (χ4n) is 2.81. The fourth-order valence-corrected chi connectivity index (χ4v) is 2.94. The maximum Gasteiger partial charge on any atom is 0.319 e. The van der Waals surface area contributed by atoms with Gasteiger partial charge in [-0.3, -0.25) is 0 Å². The van der Waals surface area contributed by atoms with Gasteiger partial charge in [0.15, 0.2) is 11.5 Å². The van der Waals surface area contributed by atoms with Gasteiger partial charge in [-0.1, -0.05) is 23.7 Å². The Kier molecular flexibility index (Phi) is 6.45. The first kappa shape index (κ1) is 19.6. The van der Waals surface area contributed by atoms with E-state index in [2.05, 4.69) is 15.2 Å². The van der Waals surface area contributed by atoms with E-state index < -0.39 is 0 Å². The molecule has 0 aliphatic rings. The highest BCUT2D eigenvalue weighted by molar-refractivity contribution is 6.30.